The van der Waals surface area contributed by atoms with Gasteiger partial charge in [0.2, 0.25) is 0 Å². The summed E-state index contributed by atoms with van der Waals surface area (Å²) in [7, 11) is 0. The lowest BCUT2D eigenvalue weighted by molar-refractivity contribution is 0.275. The molecule has 0 amide bonds. The van der Waals surface area contributed by atoms with Crippen molar-refractivity contribution in [1.29, 1.82) is 10.7 Å². The van der Waals surface area contributed by atoms with Crippen LogP contribution in [0.4, 0.5) is 0 Å². The Morgan fingerprint density at radius 2 is 1.82 bits per heavy atom. The summed E-state index contributed by atoms with van der Waals surface area (Å²) in [5, 5.41) is 16.7. The van der Waals surface area contributed by atoms with Gasteiger partial charge in [0, 0.05) is 23.9 Å². The molecule has 2 saturated carbocycles. The molecule has 0 aromatic heterocycles. The Kier molecular flexibility index (Phi) is 5.22. The van der Waals surface area contributed by atoms with Crippen LogP contribution >= 0.6 is 22.9 Å². The van der Waals surface area contributed by atoms with Crippen molar-refractivity contribution in [3.63, 3.8) is 0 Å². The second-order valence-electron chi connectivity index (χ2n) is 6.80. The lowest BCUT2D eigenvalue weighted by Crippen LogP contribution is -2.31. The van der Waals surface area contributed by atoms with E-state index in [9.17, 15) is 5.26 Å². The molecule has 2 atom stereocenters. The van der Waals surface area contributed by atoms with Gasteiger partial charge in [-0.25, -0.2) is 0 Å². The van der Waals surface area contributed by atoms with Crippen LogP contribution < -0.4 is 0 Å². The topological polar surface area (TPSA) is 50.9 Å². The maximum Gasteiger partial charge on any atom is 0.101 e. The van der Waals surface area contributed by atoms with Crippen molar-refractivity contribution in [2.75, 3.05) is 0 Å². The number of allylic oxidation sites excluding steroid dienone is 3. The first kappa shape index (κ1) is 16.0. The third-order valence-electron chi connectivity index (χ3n) is 5.53. The minimum atomic E-state index is 0.499. The highest BCUT2D eigenvalue weighted by molar-refractivity contribution is 14.1. The highest BCUT2D eigenvalue weighted by atomic mass is 127. The molecule has 0 bridgehead atoms. The fraction of sp³-hybridized carbons (Fsp3) is 0.667. The van der Waals surface area contributed by atoms with E-state index in [1.165, 1.54) is 75.3 Å². The van der Waals surface area contributed by atoms with Crippen molar-refractivity contribution in [3.05, 3.63) is 22.9 Å². The third-order valence-corrected chi connectivity index (χ3v) is 6.77. The van der Waals surface area contributed by atoms with Crippen LogP contribution in [0, 0.1) is 28.6 Å². The zero-order valence-electron chi connectivity index (χ0n) is 13.0. The highest BCUT2D eigenvalue weighted by Crippen LogP contribution is 2.49. The summed E-state index contributed by atoms with van der Waals surface area (Å²) in [6.45, 7) is 0. The molecule has 2 aliphatic carbocycles. The number of nitriles is 1. The SMILES string of the molecule is N#C/C(C=N)=C\C1=C(C2CCCCC2)N(I)C2CCCCC12. The van der Waals surface area contributed by atoms with Crippen LogP contribution in [0.3, 0.4) is 0 Å². The van der Waals surface area contributed by atoms with Gasteiger partial charge in [-0.1, -0.05) is 32.1 Å². The Labute approximate surface area is 147 Å². The summed E-state index contributed by atoms with van der Waals surface area (Å²) in [6.07, 6.45) is 15.0. The molecule has 0 spiro atoms. The lowest BCUT2D eigenvalue weighted by atomic mass is 9.79. The fourth-order valence-electron chi connectivity index (χ4n) is 4.48. The zero-order chi connectivity index (χ0) is 15.5. The summed E-state index contributed by atoms with van der Waals surface area (Å²) in [6, 6.07) is 2.79. The highest BCUT2D eigenvalue weighted by Gasteiger charge is 2.42. The van der Waals surface area contributed by atoms with Crippen molar-refractivity contribution in [2.45, 2.75) is 63.8 Å². The van der Waals surface area contributed by atoms with E-state index in [-0.39, 0.29) is 0 Å². The summed E-state index contributed by atoms with van der Waals surface area (Å²) in [4.78, 5) is 0. The minimum Gasteiger partial charge on any atom is -0.314 e. The van der Waals surface area contributed by atoms with Gasteiger partial charge in [-0.2, -0.15) is 5.26 Å². The molecule has 1 heterocycles. The minimum absolute atomic E-state index is 0.499. The number of nitrogens with zero attached hydrogens (tertiary/aromatic N) is 2. The van der Waals surface area contributed by atoms with E-state index in [0.717, 1.165) is 0 Å². The fourth-order valence-corrected chi connectivity index (χ4v) is 5.82. The first-order chi connectivity index (χ1) is 10.8. The third kappa shape index (κ3) is 2.97. The zero-order valence-corrected chi connectivity index (χ0v) is 15.2. The molecule has 22 heavy (non-hydrogen) atoms. The van der Waals surface area contributed by atoms with Crippen molar-refractivity contribution in [1.82, 2.24) is 3.11 Å². The Bertz CT molecular complexity index is 537. The molecule has 0 saturated heterocycles. The molecule has 2 fully saturated rings. The summed E-state index contributed by atoms with van der Waals surface area (Å²) >= 11 is 2.52. The van der Waals surface area contributed by atoms with Gasteiger partial charge in [0.15, 0.2) is 0 Å². The summed E-state index contributed by atoms with van der Waals surface area (Å²) in [5.41, 5.74) is 3.37. The van der Waals surface area contributed by atoms with Crippen molar-refractivity contribution in [2.24, 2.45) is 11.8 Å². The maximum absolute atomic E-state index is 9.24. The summed E-state index contributed by atoms with van der Waals surface area (Å²) < 4.78 is 2.52. The smallest absolute Gasteiger partial charge is 0.101 e. The van der Waals surface area contributed by atoms with Crippen LogP contribution in [-0.4, -0.2) is 15.4 Å². The van der Waals surface area contributed by atoms with Crippen LogP contribution in [0.5, 0.6) is 0 Å². The van der Waals surface area contributed by atoms with Crippen molar-refractivity contribution >= 4 is 29.1 Å². The Morgan fingerprint density at radius 1 is 1.14 bits per heavy atom. The van der Waals surface area contributed by atoms with Crippen molar-refractivity contribution in [3.8, 4) is 6.07 Å². The van der Waals surface area contributed by atoms with E-state index in [0.29, 0.717) is 23.5 Å². The molecule has 0 aromatic carbocycles. The first-order valence-corrected chi connectivity index (χ1v) is 9.54. The van der Waals surface area contributed by atoms with Gasteiger partial charge in [-0.05, 0) is 43.3 Å². The van der Waals surface area contributed by atoms with Gasteiger partial charge < -0.3 is 8.52 Å². The normalized spacial score (nSPS) is 30.2. The number of hydrogen-bond donors (Lipinski definition) is 1. The molecule has 2 unspecified atom stereocenters. The van der Waals surface area contributed by atoms with E-state index >= 15 is 0 Å². The molecule has 118 valence electrons. The average molecular weight is 409 g/mol. The Hall–Kier alpha value is -0.830. The van der Waals surface area contributed by atoms with E-state index in [1.54, 1.807) is 0 Å². The molecule has 1 N–H and O–H groups in total. The van der Waals surface area contributed by atoms with Crippen LogP contribution in [-0.2, 0) is 0 Å². The second-order valence-corrected chi connectivity index (χ2v) is 7.84. The second kappa shape index (κ2) is 7.16. The van der Waals surface area contributed by atoms with Crippen LogP contribution in [0.25, 0.3) is 0 Å². The van der Waals surface area contributed by atoms with Crippen LogP contribution in [0.1, 0.15) is 57.8 Å². The monoisotopic (exact) mass is 409 g/mol. The predicted molar refractivity (Wildman–Crippen MR) is 97.7 cm³/mol. The van der Waals surface area contributed by atoms with Gasteiger partial charge in [0.05, 0.1) is 28.4 Å². The van der Waals surface area contributed by atoms with Gasteiger partial charge >= 0.3 is 0 Å². The molecule has 0 aromatic rings. The number of nitrogens with one attached hydrogen (secondary N) is 1. The van der Waals surface area contributed by atoms with Crippen LogP contribution in [0.2, 0.25) is 0 Å². The lowest BCUT2D eigenvalue weighted by Gasteiger charge is -2.33. The van der Waals surface area contributed by atoms with E-state index in [1.807, 2.05) is 6.08 Å². The molecule has 1 aliphatic heterocycles. The van der Waals surface area contributed by atoms with Gasteiger partial charge in [-0.3, -0.25) is 0 Å². The Balaban J connectivity index is 2.01. The van der Waals surface area contributed by atoms with Gasteiger partial charge in [0.25, 0.3) is 0 Å². The standard InChI is InChI=1S/C18H24IN3/c19-22-17-9-5-4-8-15(17)16(10-13(11-20)12-21)18(22)14-6-2-1-3-7-14/h10-11,14-15,17,20H,1-9H2/b13-10-,20-11?. The quantitative estimate of drug-likeness (QED) is 0.304. The van der Waals surface area contributed by atoms with E-state index in [4.69, 9.17) is 5.41 Å². The van der Waals surface area contributed by atoms with Gasteiger partial charge in [0.1, 0.15) is 6.07 Å². The predicted octanol–water partition coefficient (Wildman–Crippen LogP) is 5.14. The van der Waals surface area contributed by atoms with E-state index < -0.39 is 0 Å². The number of hydrogen-bond acceptors (Lipinski definition) is 3. The molecular weight excluding hydrogens is 385 g/mol. The average Bonchev–Trinajstić information content (AvgIpc) is 2.86. The molecule has 3 nitrogen and oxygen atoms in total. The molecular formula is C18H24IN3. The molecule has 0 radical (unpaired) electrons. The number of fused-ring (bicyclic) bond motifs is 1. The molecule has 4 heteroatoms. The van der Waals surface area contributed by atoms with E-state index in [2.05, 4.69) is 32.0 Å². The first-order valence-electron chi connectivity index (χ1n) is 8.57. The largest absolute Gasteiger partial charge is 0.314 e. The molecule has 3 aliphatic rings. The van der Waals surface area contributed by atoms with Gasteiger partial charge in [-0.15, -0.1) is 0 Å². The Morgan fingerprint density at radius 3 is 2.50 bits per heavy atom. The molecule has 3 rings (SSSR count). The number of halogens is 1. The van der Waals surface area contributed by atoms with Crippen molar-refractivity contribution < 1.29 is 0 Å². The number of rotatable bonds is 3. The maximum atomic E-state index is 9.24. The summed E-state index contributed by atoms with van der Waals surface area (Å²) in [5.74, 6) is 1.24. The van der Waals surface area contributed by atoms with Crippen LogP contribution in [0.15, 0.2) is 22.9 Å².